The molecule has 0 radical (unpaired) electrons. The van der Waals surface area contributed by atoms with E-state index in [0.717, 1.165) is 10.9 Å². The SMILES string of the molecule is CCCOc1ccc(C(=O)NCC(=O)N/N=C\c2cc(Br)ccc2OC(=O)c2ccc(OC)cc2)cc1. The number of amides is 2. The van der Waals surface area contributed by atoms with Crippen LogP contribution in [-0.4, -0.2) is 44.3 Å². The third-order valence-electron chi connectivity index (χ3n) is 4.89. The van der Waals surface area contributed by atoms with Crippen LogP contribution in [0.1, 0.15) is 39.6 Å². The molecule has 0 bridgehead atoms. The second-order valence-corrected chi connectivity index (χ2v) is 8.56. The molecule has 3 aromatic rings. The lowest BCUT2D eigenvalue weighted by Crippen LogP contribution is -2.34. The third kappa shape index (κ3) is 8.46. The fourth-order valence-electron chi connectivity index (χ4n) is 3.00. The Balaban J connectivity index is 1.54. The fraction of sp³-hybridized carbons (Fsp3) is 0.185. The van der Waals surface area contributed by atoms with Crippen molar-refractivity contribution in [3.8, 4) is 17.2 Å². The van der Waals surface area contributed by atoms with E-state index in [0.29, 0.717) is 34.8 Å². The zero-order valence-electron chi connectivity index (χ0n) is 20.3. The van der Waals surface area contributed by atoms with Crippen LogP contribution in [0.4, 0.5) is 0 Å². The van der Waals surface area contributed by atoms with E-state index < -0.39 is 17.8 Å². The van der Waals surface area contributed by atoms with E-state index in [1.165, 1.54) is 13.3 Å². The topological polar surface area (TPSA) is 115 Å². The molecule has 3 rings (SSSR count). The van der Waals surface area contributed by atoms with Crippen LogP contribution in [0.3, 0.4) is 0 Å². The van der Waals surface area contributed by atoms with Crippen LogP contribution in [0.25, 0.3) is 0 Å². The van der Waals surface area contributed by atoms with Crippen molar-refractivity contribution < 1.29 is 28.6 Å². The van der Waals surface area contributed by atoms with Gasteiger partial charge in [0.2, 0.25) is 0 Å². The van der Waals surface area contributed by atoms with E-state index in [4.69, 9.17) is 14.2 Å². The van der Waals surface area contributed by atoms with Gasteiger partial charge in [-0.15, -0.1) is 0 Å². The van der Waals surface area contributed by atoms with Gasteiger partial charge in [-0.1, -0.05) is 22.9 Å². The summed E-state index contributed by atoms with van der Waals surface area (Å²) >= 11 is 3.37. The lowest BCUT2D eigenvalue weighted by molar-refractivity contribution is -0.120. The summed E-state index contributed by atoms with van der Waals surface area (Å²) in [4.78, 5) is 36.9. The standard InChI is InChI=1S/C27H26BrN3O6/c1-3-14-36-23-11-4-18(5-12-23)26(33)29-17-25(32)31-30-16-20-15-21(28)8-13-24(20)37-27(34)19-6-9-22(35-2)10-7-19/h4-13,15-16H,3,14,17H2,1-2H3,(H,29,33)(H,31,32)/b30-16-. The van der Waals surface area contributed by atoms with E-state index >= 15 is 0 Å². The molecule has 9 nitrogen and oxygen atoms in total. The van der Waals surface area contributed by atoms with Gasteiger partial charge in [0.25, 0.3) is 11.8 Å². The molecular weight excluding hydrogens is 542 g/mol. The quantitative estimate of drug-likeness (QED) is 0.154. The second-order valence-electron chi connectivity index (χ2n) is 7.65. The Hall–Kier alpha value is -4.18. The Morgan fingerprint density at radius 1 is 0.946 bits per heavy atom. The molecule has 192 valence electrons. The van der Waals surface area contributed by atoms with Crippen molar-refractivity contribution in [1.29, 1.82) is 0 Å². The van der Waals surface area contributed by atoms with Gasteiger partial charge in [0.05, 0.1) is 32.0 Å². The molecule has 0 spiro atoms. The van der Waals surface area contributed by atoms with Crippen molar-refractivity contribution in [3.05, 3.63) is 87.9 Å². The first-order valence-electron chi connectivity index (χ1n) is 11.4. The number of benzene rings is 3. The predicted molar refractivity (Wildman–Crippen MR) is 142 cm³/mol. The van der Waals surface area contributed by atoms with Crippen molar-refractivity contribution in [1.82, 2.24) is 10.7 Å². The normalized spacial score (nSPS) is 10.6. The smallest absolute Gasteiger partial charge is 0.343 e. The summed E-state index contributed by atoms with van der Waals surface area (Å²) in [6.45, 7) is 2.33. The second kappa shape index (κ2) is 13.8. The van der Waals surface area contributed by atoms with Gasteiger partial charge in [-0.3, -0.25) is 9.59 Å². The number of halogens is 1. The Labute approximate surface area is 222 Å². The summed E-state index contributed by atoms with van der Waals surface area (Å²) in [5, 5.41) is 6.45. The van der Waals surface area contributed by atoms with Gasteiger partial charge in [-0.25, -0.2) is 10.2 Å². The fourth-order valence-corrected chi connectivity index (χ4v) is 3.38. The van der Waals surface area contributed by atoms with Crippen molar-refractivity contribution in [2.75, 3.05) is 20.3 Å². The summed E-state index contributed by atoms with van der Waals surface area (Å²) in [7, 11) is 1.54. The van der Waals surface area contributed by atoms with Gasteiger partial charge >= 0.3 is 5.97 Å². The minimum absolute atomic E-state index is 0.252. The van der Waals surface area contributed by atoms with Gasteiger partial charge in [0.15, 0.2) is 0 Å². The molecule has 2 N–H and O–H groups in total. The summed E-state index contributed by atoms with van der Waals surface area (Å²) < 4.78 is 16.8. The number of carbonyl (C=O) groups is 3. The van der Waals surface area contributed by atoms with Gasteiger partial charge in [0, 0.05) is 15.6 Å². The van der Waals surface area contributed by atoms with Gasteiger partial charge < -0.3 is 19.5 Å². The highest BCUT2D eigenvalue weighted by atomic mass is 79.9. The van der Waals surface area contributed by atoms with Crippen LogP contribution in [0, 0.1) is 0 Å². The van der Waals surface area contributed by atoms with Gasteiger partial charge in [0.1, 0.15) is 17.2 Å². The average Bonchev–Trinajstić information content (AvgIpc) is 2.92. The van der Waals surface area contributed by atoms with E-state index in [1.807, 2.05) is 6.92 Å². The zero-order valence-corrected chi connectivity index (χ0v) is 21.9. The highest BCUT2D eigenvalue weighted by Gasteiger charge is 2.12. The maximum Gasteiger partial charge on any atom is 0.343 e. The van der Waals surface area contributed by atoms with E-state index in [9.17, 15) is 14.4 Å². The van der Waals surface area contributed by atoms with Crippen LogP contribution in [0.15, 0.2) is 76.3 Å². The molecule has 0 atom stereocenters. The number of nitrogens with zero attached hydrogens (tertiary/aromatic N) is 1. The Kier molecular flexibility index (Phi) is 10.2. The summed E-state index contributed by atoms with van der Waals surface area (Å²) in [5.74, 6) is 0.0557. The minimum atomic E-state index is -0.559. The van der Waals surface area contributed by atoms with Crippen LogP contribution >= 0.6 is 15.9 Å². The molecular formula is C27H26BrN3O6. The number of hydrazone groups is 1. The highest BCUT2D eigenvalue weighted by Crippen LogP contribution is 2.23. The number of methoxy groups -OCH3 is 1. The molecule has 37 heavy (non-hydrogen) atoms. The molecule has 10 heteroatoms. The maximum atomic E-state index is 12.5. The first-order valence-corrected chi connectivity index (χ1v) is 12.2. The Bertz CT molecular complexity index is 1260. The van der Waals surface area contributed by atoms with Crippen molar-refractivity contribution in [2.45, 2.75) is 13.3 Å². The number of esters is 1. The van der Waals surface area contributed by atoms with Gasteiger partial charge in [-0.05, 0) is 73.2 Å². The van der Waals surface area contributed by atoms with Crippen LogP contribution in [0.5, 0.6) is 17.2 Å². The van der Waals surface area contributed by atoms with Crippen LogP contribution < -0.4 is 25.0 Å². The monoisotopic (exact) mass is 567 g/mol. The van der Waals surface area contributed by atoms with Crippen molar-refractivity contribution >= 4 is 39.9 Å². The van der Waals surface area contributed by atoms with E-state index in [2.05, 4.69) is 31.8 Å². The molecule has 0 saturated carbocycles. The Morgan fingerprint density at radius 3 is 2.30 bits per heavy atom. The average molecular weight is 568 g/mol. The number of ether oxygens (including phenoxy) is 3. The molecule has 0 heterocycles. The summed E-state index contributed by atoms with van der Waals surface area (Å²) in [6.07, 6.45) is 2.23. The molecule has 0 aliphatic heterocycles. The maximum absolute atomic E-state index is 12.5. The van der Waals surface area contributed by atoms with Gasteiger partial charge in [-0.2, -0.15) is 5.10 Å². The summed E-state index contributed by atoms with van der Waals surface area (Å²) in [5.41, 5.74) is 3.54. The highest BCUT2D eigenvalue weighted by molar-refractivity contribution is 9.10. The summed E-state index contributed by atoms with van der Waals surface area (Å²) in [6, 6.07) is 18.2. The molecule has 0 unspecified atom stereocenters. The molecule has 0 fully saturated rings. The molecule has 0 aliphatic carbocycles. The first kappa shape index (κ1) is 27.4. The molecule has 3 aromatic carbocycles. The lowest BCUT2D eigenvalue weighted by atomic mass is 10.2. The minimum Gasteiger partial charge on any atom is -0.497 e. The number of hydrogen-bond donors (Lipinski definition) is 2. The largest absolute Gasteiger partial charge is 0.497 e. The Morgan fingerprint density at radius 2 is 1.62 bits per heavy atom. The number of carbonyl (C=O) groups excluding carboxylic acids is 3. The zero-order chi connectivity index (χ0) is 26.6. The van der Waals surface area contributed by atoms with Crippen LogP contribution in [0.2, 0.25) is 0 Å². The first-order chi connectivity index (χ1) is 17.9. The molecule has 0 saturated heterocycles. The predicted octanol–water partition coefficient (Wildman–Crippen LogP) is 4.35. The molecule has 0 aliphatic rings. The third-order valence-corrected chi connectivity index (χ3v) is 5.39. The number of rotatable bonds is 11. The lowest BCUT2D eigenvalue weighted by Gasteiger charge is -2.09. The van der Waals surface area contributed by atoms with Crippen molar-refractivity contribution in [3.63, 3.8) is 0 Å². The van der Waals surface area contributed by atoms with Crippen molar-refractivity contribution in [2.24, 2.45) is 5.10 Å². The number of nitrogens with one attached hydrogen (secondary N) is 2. The molecule has 2 amide bonds. The number of hydrogen-bond acceptors (Lipinski definition) is 7. The molecule has 0 aromatic heterocycles. The van der Waals surface area contributed by atoms with Crippen LogP contribution in [-0.2, 0) is 4.79 Å². The van der Waals surface area contributed by atoms with E-state index in [1.54, 1.807) is 66.7 Å². The van der Waals surface area contributed by atoms with E-state index in [-0.39, 0.29) is 12.3 Å².